The Hall–Kier alpha value is -2.64. The molecule has 8 heteroatoms. The predicted octanol–water partition coefficient (Wildman–Crippen LogP) is 2.75. The molecule has 0 heterocycles. The van der Waals surface area contributed by atoms with Gasteiger partial charge in [-0.25, -0.2) is 14.0 Å². The van der Waals surface area contributed by atoms with E-state index in [2.05, 4.69) is 10.3 Å². The van der Waals surface area contributed by atoms with Crippen LogP contribution in [0.5, 0.6) is 0 Å². The number of benzene rings is 1. The van der Waals surface area contributed by atoms with E-state index in [1.165, 1.54) is 30.1 Å². The molecule has 0 aliphatic carbocycles. The van der Waals surface area contributed by atoms with E-state index < -0.39 is 17.9 Å². The molecule has 0 unspecified atom stereocenters. The zero-order valence-electron chi connectivity index (χ0n) is 13.8. The summed E-state index contributed by atoms with van der Waals surface area (Å²) in [6.07, 6.45) is -1.14. The molecule has 0 aliphatic rings. The van der Waals surface area contributed by atoms with Crippen molar-refractivity contribution in [2.75, 3.05) is 26.5 Å². The Labute approximate surface area is 134 Å². The van der Waals surface area contributed by atoms with Gasteiger partial charge in [0.2, 0.25) is 5.96 Å². The number of ether oxygens (including phenoxy) is 1. The van der Waals surface area contributed by atoms with Crippen molar-refractivity contribution in [1.82, 2.24) is 9.80 Å². The van der Waals surface area contributed by atoms with Gasteiger partial charge in [-0.15, -0.1) is 4.99 Å². The van der Waals surface area contributed by atoms with Crippen molar-refractivity contribution < 1.29 is 18.7 Å². The number of urea groups is 1. The minimum atomic E-state index is -0.811. The van der Waals surface area contributed by atoms with Gasteiger partial charge in [-0.1, -0.05) is 12.1 Å². The van der Waals surface area contributed by atoms with Crippen LogP contribution in [0, 0.1) is 5.82 Å². The van der Waals surface area contributed by atoms with E-state index in [1.54, 1.807) is 34.0 Å². The molecule has 0 saturated carbocycles. The fourth-order valence-corrected chi connectivity index (χ4v) is 1.64. The van der Waals surface area contributed by atoms with Crippen LogP contribution in [0.25, 0.3) is 0 Å². The van der Waals surface area contributed by atoms with Crippen LogP contribution in [0.3, 0.4) is 0 Å². The Bertz CT molecular complexity index is 602. The third-order valence-corrected chi connectivity index (χ3v) is 2.65. The summed E-state index contributed by atoms with van der Waals surface area (Å²) in [6.45, 7) is 3.38. The Balaban J connectivity index is 2.91. The predicted molar refractivity (Wildman–Crippen MR) is 85.9 cm³/mol. The summed E-state index contributed by atoms with van der Waals surface area (Å²) in [6, 6.07) is 5.14. The summed E-state index contributed by atoms with van der Waals surface area (Å²) in [5.74, 6) is -0.499. The normalized spacial score (nSPS) is 11.2. The van der Waals surface area contributed by atoms with Gasteiger partial charge in [0.05, 0.1) is 11.8 Å². The standard InChI is InChI=1S/C15H21FN4O3/c1-10(2)23-15(22)18-13(19(3)4)20(5)14(21)17-12-9-7-6-8-11(12)16/h6-10H,1-5H3,(H,17,21)/b18-13-. The van der Waals surface area contributed by atoms with E-state index in [0.717, 1.165) is 4.90 Å². The van der Waals surface area contributed by atoms with E-state index in [4.69, 9.17) is 4.74 Å². The first kappa shape index (κ1) is 18.4. The quantitative estimate of drug-likeness (QED) is 0.670. The first-order valence-electron chi connectivity index (χ1n) is 6.98. The van der Waals surface area contributed by atoms with Crippen molar-refractivity contribution in [3.8, 4) is 0 Å². The number of anilines is 1. The molecule has 0 bridgehead atoms. The van der Waals surface area contributed by atoms with E-state index in [1.807, 2.05) is 0 Å². The van der Waals surface area contributed by atoms with Crippen LogP contribution in [-0.4, -0.2) is 55.1 Å². The molecule has 3 amide bonds. The molecule has 23 heavy (non-hydrogen) atoms. The monoisotopic (exact) mass is 324 g/mol. The number of carbonyl (C=O) groups excluding carboxylic acids is 2. The highest BCUT2D eigenvalue weighted by atomic mass is 19.1. The Morgan fingerprint density at radius 3 is 2.35 bits per heavy atom. The van der Waals surface area contributed by atoms with Gasteiger partial charge in [0.15, 0.2) is 0 Å². The fraction of sp³-hybridized carbons (Fsp3) is 0.400. The van der Waals surface area contributed by atoms with E-state index in [0.29, 0.717) is 0 Å². The number of hydrogen-bond acceptors (Lipinski definition) is 3. The second kappa shape index (κ2) is 8.11. The highest BCUT2D eigenvalue weighted by molar-refractivity contribution is 6.04. The molecule has 0 aromatic heterocycles. The van der Waals surface area contributed by atoms with Gasteiger partial charge in [-0.2, -0.15) is 0 Å². The third kappa shape index (κ3) is 5.57. The maximum Gasteiger partial charge on any atom is 0.437 e. The van der Waals surface area contributed by atoms with E-state index in [-0.39, 0.29) is 17.8 Å². The second-order valence-electron chi connectivity index (χ2n) is 5.21. The minimum absolute atomic E-state index is 0.0345. The van der Waals surface area contributed by atoms with E-state index >= 15 is 0 Å². The average Bonchev–Trinajstić information content (AvgIpc) is 2.45. The molecular formula is C15H21FN4O3. The zero-order chi connectivity index (χ0) is 17.6. The average molecular weight is 324 g/mol. The summed E-state index contributed by atoms with van der Waals surface area (Å²) in [4.78, 5) is 30.2. The number of rotatable bonds is 2. The molecule has 1 aromatic rings. The first-order valence-corrected chi connectivity index (χ1v) is 6.98. The Kier molecular flexibility index (Phi) is 6.49. The molecule has 7 nitrogen and oxygen atoms in total. The SMILES string of the molecule is CC(C)OC(=O)/N=C(/N(C)C)N(C)C(=O)Nc1ccccc1F. The molecule has 0 radical (unpaired) electrons. The molecule has 0 spiro atoms. The number of hydrogen-bond donors (Lipinski definition) is 1. The number of carbonyl (C=O) groups is 2. The number of halogens is 1. The summed E-state index contributed by atoms with van der Waals surface area (Å²) < 4.78 is 18.5. The van der Waals surface area contributed by atoms with Gasteiger partial charge in [0, 0.05) is 21.1 Å². The summed E-state index contributed by atoms with van der Waals surface area (Å²) in [7, 11) is 4.65. The number of para-hydroxylation sites is 1. The molecule has 0 atom stereocenters. The van der Waals surface area contributed by atoms with Crippen LogP contribution in [0.15, 0.2) is 29.3 Å². The van der Waals surface area contributed by atoms with Gasteiger partial charge in [-0.05, 0) is 26.0 Å². The number of nitrogens with zero attached hydrogens (tertiary/aromatic N) is 3. The number of aliphatic imine (C=N–C) groups is 1. The number of guanidine groups is 1. The lowest BCUT2D eigenvalue weighted by atomic mass is 10.3. The van der Waals surface area contributed by atoms with E-state index in [9.17, 15) is 14.0 Å². The summed E-state index contributed by atoms with van der Waals surface area (Å²) in [5.41, 5.74) is 0.0345. The topological polar surface area (TPSA) is 74.2 Å². The maximum absolute atomic E-state index is 13.6. The Morgan fingerprint density at radius 1 is 1.22 bits per heavy atom. The van der Waals surface area contributed by atoms with Crippen LogP contribution < -0.4 is 5.32 Å². The molecule has 1 aromatic carbocycles. The van der Waals surface area contributed by atoms with Crippen molar-refractivity contribution in [1.29, 1.82) is 0 Å². The molecular weight excluding hydrogens is 303 g/mol. The lowest BCUT2D eigenvalue weighted by Gasteiger charge is -2.24. The van der Waals surface area contributed by atoms with Crippen LogP contribution in [0.2, 0.25) is 0 Å². The van der Waals surface area contributed by atoms with Crippen LogP contribution >= 0.6 is 0 Å². The smallest absolute Gasteiger partial charge is 0.437 e. The maximum atomic E-state index is 13.6. The number of amides is 3. The lowest BCUT2D eigenvalue weighted by Crippen LogP contribution is -2.44. The van der Waals surface area contributed by atoms with Crippen LogP contribution in [0.4, 0.5) is 19.7 Å². The van der Waals surface area contributed by atoms with Crippen molar-refractivity contribution in [2.45, 2.75) is 20.0 Å². The van der Waals surface area contributed by atoms with Crippen LogP contribution in [-0.2, 0) is 4.74 Å². The molecule has 0 saturated heterocycles. The fourth-order valence-electron chi connectivity index (χ4n) is 1.64. The van der Waals surface area contributed by atoms with Gasteiger partial charge in [-0.3, -0.25) is 4.90 Å². The highest BCUT2D eigenvalue weighted by Crippen LogP contribution is 2.13. The second-order valence-corrected chi connectivity index (χ2v) is 5.21. The van der Waals surface area contributed by atoms with Gasteiger partial charge in [0.1, 0.15) is 5.82 Å². The Morgan fingerprint density at radius 2 is 1.83 bits per heavy atom. The summed E-state index contributed by atoms with van der Waals surface area (Å²) in [5, 5.41) is 2.41. The largest absolute Gasteiger partial charge is 0.445 e. The molecule has 1 rings (SSSR count). The van der Waals surface area contributed by atoms with Gasteiger partial charge >= 0.3 is 12.1 Å². The molecule has 0 aliphatic heterocycles. The zero-order valence-corrected chi connectivity index (χ0v) is 13.8. The molecule has 1 N–H and O–H groups in total. The van der Waals surface area contributed by atoms with Crippen molar-refractivity contribution in [3.63, 3.8) is 0 Å². The van der Waals surface area contributed by atoms with Crippen molar-refractivity contribution >= 4 is 23.8 Å². The van der Waals surface area contributed by atoms with Gasteiger partial charge < -0.3 is 15.0 Å². The molecule has 0 fully saturated rings. The van der Waals surface area contributed by atoms with Crippen LogP contribution in [0.1, 0.15) is 13.8 Å². The molecule has 126 valence electrons. The number of nitrogens with one attached hydrogen (secondary N) is 1. The lowest BCUT2D eigenvalue weighted by molar-refractivity contribution is 0.125. The third-order valence-electron chi connectivity index (χ3n) is 2.65. The van der Waals surface area contributed by atoms with Crippen molar-refractivity contribution in [3.05, 3.63) is 30.1 Å². The van der Waals surface area contributed by atoms with Gasteiger partial charge in [0.25, 0.3) is 0 Å². The summed E-state index contributed by atoms with van der Waals surface area (Å²) >= 11 is 0. The highest BCUT2D eigenvalue weighted by Gasteiger charge is 2.20. The first-order chi connectivity index (χ1) is 10.7. The minimum Gasteiger partial charge on any atom is -0.445 e. The van der Waals surface area contributed by atoms with Crippen molar-refractivity contribution in [2.24, 2.45) is 4.99 Å².